The predicted octanol–water partition coefficient (Wildman–Crippen LogP) is 4.44. The van der Waals surface area contributed by atoms with Crippen LogP contribution in [0, 0.1) is 0 Å². The van der Waals surface area contributed by atoms with Gasteiger partial charge < -0.3 is 20.9 Å². The van der Waals surface area contributed by atoms with E-state index in [9.17, 15) is 21.6 Å². The van der Waals surface area contributed by atoms with E-state index < -0.39 is 21.8 Å². The molecule has 3 aromatic rings. The lowest BCUT2D eigenvalue weighted by Gasteiger charge is -2.33. The molecule has 39 heavy (non-hydrogen) atoms. The van der Waals surface area contributed by atoms with Gasteiger partial charge in [-0.05, 0) is 61.9 Å². The fourth-order valence-corrected chi connectivity index (χ4v) is 4.83. The van der Waals surface area contributed by atoms with E-state index in [4.69, 9.17) is 0 Å². The second kappa shape index (κ2) is 11.7. The van der Waals surface area contributed by atoms with Crippen LogP contribution in [0.3, 0.4) is 0 Å². The molecule has 0 bridgehead atoms. The molecular formula is C26H32F3N7O2S. The highest BCUT2D eigenvalue weighted by Gasteiger charge is 2.35. The molecule has 0 atom stereocenters. The number of rotatable bonds is 9. The quantitative estimate of drug-likeness (QED) is 0.351. The Bertz CT molecular complexity index is 1380. The van der Waals surface area contributed by atoms with Crippen molar-refractivity contribution in [3.63, 3.8) is 0 Å². The molecule has 1 aliphatic heterocycles. The third-order valence-corrected chi connectivity index (χ3v) is 7.92. The van der Waals surface area contributed by atoms with Crippen LogP contribution in [0.5, 0.6) is 0 Å². The number of benzene rings is 2. The normalized spacial score (nSPS) is 14.8. The predicted molar refractivity (Wildman–Crippen MR) is 148 cm³/mol. The summed E-state index contributed by atoms with van der Waals surface area (Å²) in [6, 6.07) is 14.7. The number of hydrogen-bond acceptors (Lipinski definition) is 8. The van der Waals surface area contributed by atoms with Crippen LogP contribution in [0.4, 0.5) is 42.0 Å². The Morgan fingerprint density at radius 1 is 1.10 bits per heavy atom. The van der Waals surface area contributed by atoms with Crippen molar-refractivity contribution in [2.75, 3.05) is 53.3 Å². The number of halogens is 3. The first-order valence-electron chi connectivity index (χ1n) is 12.4. The molecule has 0 unspecified atom stereocenters. The number of nitrogens with one attached hydrogen (secondary N) is 3. The summed E-state index contributed by atoms with van der Waals surface area (Å²) in [5.41, 5.74) is 1.70. The lowest BCUT2D eigenvalue weighted by molar-refractivity contribution is -0.137. The van der Waals surface area contributed by atoms with Crippen molar-refractivity contribution in [2.24, 2.45) is 0 Å². The summed E-state index contributed by atoms with van der Waals surface area (Å²) in [5.74, 6) is -0.371. The van der Waals surface area contributed by atoms with Gasteiger partial charge in [0, 0.05) is 50.3 Å². The van der Waals surface area contributed by atoms with Crippen LogP contribution in [0.15, 0.2) is 54.7 Å². The van der Waals surface area contributed by atoms with E-state index in [1.165, 1.54) is 7.05 Å². The Labute approximate surface area is 226 Å². The summed E-state index contributed by atoms with van der Waals surface area (Å²) in [5, 5.41) is 9.02. The van der Waals surface area contributed by atoms with Crippen molar-refractivity contribution in [3.05, 3.63) is 65.9 Å². The monoisotopic (exact) mass is 563 g/mol. The maximum atomic E-state index is 13.7. The Kier molecular flexibility index (Phi) is 8.50. The zero-order valence-corrected chi connectivity index (χ0v) is 22.8. The summed E-state index contributed by atoms with van der Waals surface area (Å²) in [7, 11) is -0.101. The first kappa shape index (κ1) is 28.4. The average Bonchev–Trinajstić information content (AvgIpc) is 2.91. The fourth-order valence-electron chi connectivity index (χ4n) is 4.33. The molecular weight excluding hydrogens is 531 g/mol. The maximum absolute atomic E-state index is 13.7. The minimum atomic E-state index is -4.67. The number of hydrogen-bond donors (Lipinski definition) is 3. The van der Waals surface area contributed by atoms with Crippen molar-refractivity contribution in [1.29, 1.82) is 0 Å². The van der Waals surface area contributed by atoms with E-state index in [0.717, 1.165) is 48.4 Å². The summed E-state index contributed by atoms with van der Waals surface area (Å²) in [6.45, 7) is 1.88. The molecule has 13 heteroatoms. The van der Waals surface area contributed by atoms with Gasteiger partial charge in [-0.1, -0.05) is 12.1 Å². The van der Waals surface area contributed by atoms with Gasteiger partial charge in [-0.25, -0.2) is 13.4 Å². The van der Waals surface area contributed by atoms with Gasteiger partial charge >= 0.3 is 6.18 Å². The van der Waals surface area contributed by atoms with Gasteiger partial charge in [-0.15, -0.1) is 0 Å². The maximum Gasteiger partial charge on any atom is 0.421 e. The first-order chi connectivity index (χ1) is 18.4. The van der Waals surface area contributed by atoms with Gasteiger partial charge in [-0.2, -0.15) is 18.2 Å². The van der Waals surface area contributed by atoms with Crippen LogP contribution in [0.25, 0.3) is 0 Å². The average molecular weight is 564 g/mol. The zero-order valence-electron chi connectivity index (χ0n) is 22.0. The molecule has 1 fully saturated rings. The standard InChI is InChI=1S/C26H32F3N7O2S/c1-30-19-11-13-36(14-12-19)21-9-7-20(8-10-21)33-25-32-17-23(26(27,28)29)24(34-25)31-16-18-5-4-6-22(15-18)35(2)39(3,37)38/h4-10,15,17,19,30H,11-14,16H2,1-3H3,(H2,31,32,33,34). The summed E-state index contributed by atoms with van der Waals surface area (Å²) in [4.78, 5) is 10.3. The second-order valence-corrected chi connectivity index (χ2v) is 11.4. The van der Waals surface area contributed by atoms with Gasteiger partial charge in [0.05, 0.1) is 11.9 Å². The number of piperidine rings is 1. The largest absolute Gasteiger partial charge is 0.421 e. The summed E-state index contributed by atoms with van der Waals surface area (Å²) < 4.78 is 65.8. The number of anilines is 5. The first-order valence-corrected chi connectivity index (χ1v) is 14.3. The Balaban J connectivity index is 1.48. The highest BCUT2D eigenvalue weighted by molar-refractivity contribution is 7.92. The Morgan fingerprint density at radius 3 is 2.41 bits per heavy atom. The molecule has 1 aliphatic rings. The van der Waals surface area contributed by atoms with Crippen molar-refractivity contribution < 1.29 is 21.6 Å². The molecule has 210 valence electrons. The van der Waals surface area contributed by atoms with Gasteiger partial charge in [0.2, 0.25) is 16.0 Å². The molecule has 4 rings (SSSR count). The molecule has 1 aromatic heterocycles. The van der Waals surface area contributed by atoms with Gasteiger partial charge in [0.25, 0.3) is 0 Å². The third-order valence-electron chi connectivity index (χ3n) is 6.72. The van der Waals surface area contributed by atoms with E-state index in [2.05, 4.69) is 30.8 Å². The topological polar surface area (TPSA) is 102 Å². The highest BCUT2D eigenvalue weighted by atomic mass is 32.2. The van der Waals surface area contributed by atoms with E-state index >= 15 is 0 Å². The second-order valence-electron chi connectivity index (χ2n) is 9.43. The Hall–Kier alpha value is -3.58. The number of aromatic nitrogens is 2. The molecule has 3 N–H and O–H groups in total. The van der Waals surface area contributed by atoms with Gasteiger partial charge in [0.1, 0.15) is 11.4 Å². The van der Waals surface area contributed by atoms with E-state index in [-0.39, 0.29) is 18.3 Å². The van der Waals surface area contributed by atoms with Crippen LogP contribution in [-0.4, -0.2) is 57.9 Å². The lowest BCUT2D eigenvalue weighted by Crippen LogP contribution is -2.41. The molecule has 0 radical (unpaired) electrons. The molecule has 2 aromatic carbocycles. The van der Waals surface area contributed by atoms with Crippen molar-refractivity contribution in [1.82, 2.24) is 15.3 Å². The molecule has 9 nitrogen and oxygen atoms in total. The smallest absolute Gasteiger partial charge is 0.371 e. The molecule has 0 aliphatic carbocycles. The van der Waals surface area contributed by atoms with Crippen LogP contribution in [-0.2, 0) is 22.7 Å². The van der Waals surface area contributed by atoms with Gasteiger partial charge in [0.15, 0.2) is 0 Å². The minimum absolute atomic E-state index is 0.0100. The van der Waals surface area contributed by atoms with Crippen molar-refractivity contribution in [2.45, 2.75) is 31.6 Å². The molecule has 0 amide bonds. The van der Waals surface area contributed by atoms with Crippen molar-refractivity contribution in [3.8, 4) is 0 Å². The Morgan fingerprint density at radius 2 is 1.79 bits per heavy atom. The van der Waals surface area contributed by atoms with Crippen LogP contribution >= 0.6 is 0 Å². The number of sulfonamides is 1. The molecule has 0 saturated carbocycles. The van der Waals surface area contributed by atoms with Crippen LogP contribution < -0.4 is 25.2 Å². The number of nitrogens with zero attached hydrogens (tertiary/aromatic N) is 4. The van der Waals surface area contributed by atoms with E-state index in [0.29, 0.717) is 23.0 Å². The fraction of sp³-hybridized carbons (Fsp3) is 0.385. The third kappa shape index (κ3) is 7.30. The van der Waals surface area contributed by atoms with Gasteiger partial charge in [-0.3, -0.25) is 4.31 Å². The molecule has 2 heterocycles. The summed E-state index contributed by atoms with van der Waals surface area (Å²) in [6.07, 6.45) is -0.731. The summed E-state index contributed by atoms with van der Waals surface area (Å²) >= 11 is 0. The minimum Gasteiger partial charge on any atom is -0.371 e. The van der Waals surface area contributed by atoms with E-state index in [1.54, 1.807) is 24.3 Å². The SMILES string of the molecule is CNC1CCN(c2ccc(Nc3ncc(C(F)(F)F)c(NCc4cccc(N(C)S(C)(=O)=O)c4)n3)cc2)CC1. The zero-order chi connectivity index (χ0) is 28.2. The van der Waals surface area contributed by atoms with Crippen LogP contribution in [0.2, 0.25) is 0 Å². The van der Waals surface area contributed by atoms with Crippen LogP contribution in [0.1, 0.15) is 24.0 Å². The lowest BCUT2D eigenvalue weighted by atomic mass is 10.0. The molecule has 1 saturated heterocycles. The highest BCUT2D eigenvalue weighted by Crippen LogP contribution is 2.34. The molecule has 0 spiro atoms. The van der Waals surface area contributed by atoms with Crippen molar-refractivity contribution >= 4 is 38.9 Å². The van der Waals surface area contributed by atoms with E-state index in [1.807, 2.05) is 31.3 Å². The number of alkyl halides is 3.